The third-order valence-corrected chi connectivity index (χ3v) is 11.9. The van der Waals surface area contributed by atoms with Gasteiger partial charge >= 0.3 is 0 Å². The van der Waals surface area contributed by atoms with E-state index in [0.29, 0.717) is 38.9 Å². The Labute approximate surface area is 516 Å². The Morgan fingerprint density at radius 2 is 0.477 bits per heavy atom. The first-order valence-corrected chi connectivity index (χ1v) is 28.0. The van der Waals surface area contributed by atoms with Gasteiger partial charge in [-0.25, -0.2) is 55.1 Å². The van der Waals surface area contributed by atoms with Crippen molar-refractivity contribution in [3.05, 3.63) is 305 Å². The highest BCUT2D eigenvalue weighted by atomic mass is 19.2. The van der Waals surface area contributed by atoms with Crippen molar-refractivity contribution in [2.75, 3.05) is 0 Å². The monoisotopic (exact) mass is 1210 g/mol. The number of pyridine rings is 2. The number of nitrogens with zero attached hydrogens (tertiary/aromatic N) is 8. The molecule has 10 aromatic rings. The van der Waals surface area contributed by atoms with Gasteiger partial charge in [0.25, 0.3) is 0 Å². The van der Waals surface area contributed by atoms with Crippen LogP contribution in [0.2, 0.25) is 0 Å². The highest BCUT2D eigenvalue weighted by molar-refractivity contribution is 5.27. The van der Waals surface area contributed by atoms with Crippen molar-refractivity contribution in [3.8, 4) is 0 Å². The molecule has 5 aromatic heterocycles. The van der Waals surface area contributed by atoms with Gasteiger partial charge in [-0.1, -0.05) is 48.5 Å². The summed E-state index contributed by atoms with van der Waals surface area (Å²) in [5.41, 5.74) is 14.2. The second kappa shape index (κ2) is 40.5. The van der Waals surface area contributed by atoms with Crippen LogP contribution in [0.4, 0.5) is 35.1 Å². The van der Waals surface area contributed by atoms with Crippen LogP contribution in [0, 0.1) is 185 Å². The van der Waals surface area contributed by atoms with Crippen molar-refractivity contribution in [2.24, 2.45) is 0 Å². The molecule has 0 amide bonds. The predicted octanol–water partition coefficient (Wildman–Crippen LogP) is 19.3. The number of aryl methyl sites for hydroxylation is 19. The molecule has 16 heteroatoms. The first kappa shape index (κ1) is 77.1. The second-order valence-corrected chi connectivity index (χ2v) is 20.9. The highest BCUT2D eigenvalue weighted by Gasteiger charge is 2.07. The van der Waals surface area contributed by atoms with Gasteiger partial charge in [-0.3, -0.25) is 9.97 Å². The Morgan fingerprint density at radius 3 is 0.727 bits per heavy atom. The summed E-state index contributed by atoms with van der Waals surface area (Å²) < 4.78 is 101. The lowest BCUT2D eigenvalue weighted by atomic mass is 10.1. The minimum atomic E-state index is -0.736. The zero-order valence-electron chi connectivity index (χ0n) is 54.5. The molecule has 0 aliphatic carbocycles. The van der Waals surface area contributed by atoms with Crippen LogP contribution in [0.1, 0.15) is 112 Å². The quantitative estimate of drug-likeness (QED) is 0.138. The van der Waals surface area contributed by atoms with E-state index < -0.39 is 23.3 Å². The van der Waals surface area contributed by atoms with Crippen LogP contribution in [-0.4, -0.2) is 40.1 Å². The fraction of sp³-hybridized carbons (Fsp3) is 0.278. The van der Waals surface area contributed by atoms with Crippen molar-refractivity contribution in [1.29, 1.82) is 0 Å². The summed E-state index contributed by atoms with van der Waals surface area (Å²) in [6.45, 7) is 36.1. The zero-order valence-corrected chi connectivity index (χ0v) is 54.5. The second-order valence-electron chi connectivity index (χ2n) is 20.9. The van der Waals surface area contributed by atoms with E-state index in [2.05, 4.69) is 52.2 Å². The van der Waals surface area contributed by atoms with E-state index in [0.717, 1.165) is 56.7 Å². The molecule has 10 rings (SSSR count). The fourth-order valence-corrected chi connectivity index (χ4v) is 6.12. The molecule has 468 valence electrons. The Bertz CT molecular complexity index is 3130. The van der Waals surface area contributed by atoms with E-state index in [1.165, 1.54) is 82.1 Å². The first-order chi connectivity index (χ1) is 41.2. The average Bonchev–Trinajstić information content (AvgIpc) is 3.31. The number of rotatable bonds is 0. The third kappa shape index (κ3) is 33.1. The maximum absolute atomic E-state index is 12.6. The van der Waals surface area contributed by atoms with Gasteiger partial charge in [0.2, 0.25) is 0 Å². The number of hydrogen-bond acceptors (Lipinski definition) is 8. The Kier molecular flexibility index (Phi) is 35.4. The molecular weight excluding hydrogens is 1130 g/mol. The Hall–Kier alpha value is -8.92. The van der Waals surface area contributed by atoms with Gasteiger partial charge in [0.1, 0.15) is 46.6 Å². The van der Waals surface area contributed by atoms with Crippen molar-refractivity contribution in [3.63, 3.8) is 0 Å². The average molecular weight is 1210 g/mol. The highest BCUT2D eigenvalue weighted by Crippen LogP contribution is 2.16. The van der Waals surface area contributed by atoms with Gasteiger partial charge in [0.15, 0.2) is 11.6 Å². The van der Waals surface area contributed by atoms with Crippen LogP contribution in [-0.2, 0) is 0 Å². The van der Waals surface area contributed by atoms with Crippen LogP contribution in [0.3, 0.4) is 0 Å². The van der Waals surface area contributed by atoms with E-state index in [1.807, 2.05) is 157 Å². The van der Waals surface area contributed by atoms with Gasteiger partial charge in [0, 0.05) is 54.1 Å². The lowest BCUT2D eigenvalue weighted by Crippen LogP contribution is -1.91. The van der Waals surface area contributed by atoms with Crippen LogP contribution >= 0.6 is 0 Å². The summed E-state index contributed by atoms with van der Waals surface area (Å²) in [6.07, 6.45) is 11.0. The molecule has 0 spiro atoms. The minimum Gasteiger partial charge on any atom is -0.261 e. The summed E-state index contributed by atoms with van der Waals surface area (Å²) in [4.78, 5) is 24.0. The summed E-state index contributed by atoms with van der Waals surface area (Å²) >= 11 is 0. The molecule has 5 heterocycles. The Balaban J connectivity index is 0.000000489. The topological polar surface area (TPSA) is 103 Å². The fourth-order valence-electron chi connectivity index (χ4n) is 6.12. The molecule has 0 saturated carbocycles. The number of aromatic nitrogens is 8. The van der Waals surface area contributed by atoms with E-state index in [9.17, 15) is 35.1 Å². The van der Waals surface area contributed by atoms with E-state index in [1.54, 1.807) is 45.0 Å². The lowest BCUT2D eigenvalue weighted by Gasteiger charge is -1.99. The molecular formula is C72H84F8N8. The molecule has 0 bridgehead atoms. The molecule has 0 atom stereocenters. The van der Waals surface area contributed by atoms with Crippen LogP contribution < -0.4 is 0 Å². The number of benzene rings is 5. The summed E-state index contributed by atoms with van der Waals surface area (Å²) in [5.74, 6) is -1.69. The molecule has 0 saturated heterocycles. The van der Waals surface area contributed by atoms with Crippen LogP contribution in [0.5, 0.6) is 0 Å². The SMILES string of the molecule is Cc1cc(F)c(C)c(F)c1.Cc1cc(F)c(C)cc1F.Cc1ccc(C)c(F)c1.Cc1ccc(C)c(F)c1.Cc1ccc(C)c(F)c1F.Cc1ccc(C)nc1.Cc1ccc(C)nc1.Cc1ccc(C)nn1.Cc1cnc(C)nc1.Cc1cnc(C)nc1. The maximum atomic E-state index is 12.6. The van der Waals surface area contributed by atoms with Crippen LogP contribution in [0.15, 0.2) is 146 Å². The number of halogens is 8. The molecule has 8 nitrogen and oxygen atoms in total. The van der Waals surface area contributed by atoms with Crippen molar-refractivity contribution in [2.45, 2.75) is 138 Å². The maximum Gasteiger partial charge on any atom is 0.161 e. The van der Waals surface area contributed by atoms with Crippen molar-refractivity contribution in [1.82, 2.24) is 40.1 Å². The predicted molar refractivity (Wildman–Crippen MR) is 341 cm³/mol. The van der Waals surface area contributed by atoms with E-state index in [4.69, 9.17) is 0 Å². The van der Waals surface area contributed by atoms with Gasteiger partial charge in [-0.2, -0.15) is 10.2 Å². The lowest BCUT2D eigenvalue weighted by molar-refractivity contribution is 0.497. The van der Waals surface area contributed by atoms with Crippen molar-refractivity contribution < 1.29 is 35.1 Å². The molecule has 0 aliphatic heterocycles. The van der Waals surface area contributed by atoms with Crippen LogP contribution in [0.25, 0.3) is 0 Å². The van der Waals surface area contributed by atoms with E-state index in [-0.39, 0.29) is 28.8 Å². The normalized spacial score (nSPS) is 9.59. The molecule has 0 unspecified atom stereocenters. The summed E-state index contributed by atoms with van der Waals surface area (Å²) in [5, 5.41) is 7.66. The molecule has 5 aromatic carbocycles. The summed E-state index contributed by atoms with van der Waals surface area (Å²) in [7, 11) is 0. The standard InChI is InChI=1S/3C8H8F2.2C8H9F.2C7H9N.3C6H8N2/c1-5-3-8(10)6(2)4-7(5)9;1-5-3-7(9)6(2)8(10)4-5;1-5-3-4-6(2)8(10)7(5)9;2*1-6-3-4-7(2)8(9)5-6;2*1-6-3-4-7(2)8-5-6;2*1-5-3-7-6(2)8-4-5;1-5-3-4-6(2)8-7-5/h3*3-4H,1-2H3;2*3-5H,1-2H3;2*3-5H,1-2H3;3*3-4H,1-2H3. The zero-order chi connectivity index (χ0) is 66.8. The molecule has 0 radical (unpaired) electrons. The smallest absolute Gasteiger partial charge is 0.161 e. The van der Waals surface area contributed by atoms with E-state index >= 15 is 0 Å². The van der Waals surface area contributed by atoms with Gasteiger partial charge in [-0.05, 0) is 271 Å². The molecule has 0 aliphatic rings. The van der Waals surface area contributed by atoms with Crippen molar-refractivity contribution >= 4 is 0 Å². The third-order valence-electron chi connectivity index (χ3n) is 11.9. The van der Waals surface area contributed by atoms with Gasteiger partial charge < -0.3 is 0 Å². The molecule has 0 fully saturated rings. The first-order valence-electron chi connectivity index (χ1n) is 28.0. The molecule has 0 N–H and O–H groups in total. The van der Waals surface area contributed by atoms with Gasteiger partial charge in [-0.15, -0.1) is 0 Å². The Morgan fingerprint density at radius 1 is 0.216 bits per heavy atom. The number of hydrogen-bond donors (Lipinski definition) is 0. The minimum absolute atomic E-state index is 0.0885. The van der Waals surface area contributed by atoms with Gasteiger partial charge in [0.05, 0.1) is 11.4 Å². The largest absolute Gasteiger partial charge is 0.261 e. The summed E-state index contributed by atoms with van der Waals surface area (Å²) in [6, 6.07) is 30.6. The molecule has 88 heavy (non-hydrogen) atoms.